The van der Waals surface area contributed by atoms with Gasteiger partial charge in [0.2, 0.25) is 0 Å². The Balaban J connectivity index is 1.86. The highest BCUT2D eigenvalue weighted by molar-refractivity contribution is 5.03. The number of hydrogen-bond donors (Lipinski definition) is 1. The summed E-state index contributed by atoms with van der Waals surface area (Å²) in [4.78, 5) is 4.36. The molecule has 0 aliphatic heterocycles. The zero-order valence-corrected chi connectivity index (χ0v) is 13.4. The Morgan fingerprint density at radius 3 is 2.85 bits per heavy atom. The van der Waals surface area contributed by atoms with Gasteiger partial charge in [0, 0.05) is 24.6 Å². The van der Waals surface area contributed by atoms with E-state index in [0.717, 1.165) is 31.9 Å². The van der Waals surface area contributed by atoms with E-state index in [1.54, 1.807) is 6.33 Å². The van der Waals surface area contributed by atoms with Crippen molar-refractivity contribution in [2.45, 2.75) is 66.3 Å². The minimum atomic E-state index is 0.193. The topological polar surface area (TPSA) is 52.0 Å². The lowest BCUT2D eigenvalue weighted by Crippen LogP contribution is -2.60. The third-order valence-electron chi connectivity index (χ3n) is 4.29. The van der Waals surface area contributed by atoms with E-state index in [1.165, 1.54) is 0 Å². The van der Waals surface area contributed by atoms with Gasteiger partial charge < -0.3 is 10.1 Å². The minimum Gasteiger partial charge on any atom is -0.378 e. The van der Waals surface area contributed by atoms with Gasteiger partial charge in [-0.05, 0) is 19.3 Å². The Hall–Kier alpha value is -0.940. The lowest BCUT2D eigenvalue weighted by molar-refractivity contribution is -0.114. The first kappa shape index (κ1) is 15.4. The molecule has 1 fully saturated rings. The number of aromatic nitrogens is 3. The number of nitrogens with one attached hydrogen (secondary N) is 1. The summed E-state index contributed by atoms with van der Waals surface area (Å²) in [6.07, 6.45) is 3.10. The van der Waals surface area contributed by atoms with Gasteiger partial charge in [-0.2, -0.15) is 5.10 Å². The molecule has 1 saturated carbocycles. The Morgan fingerprint density at radius 2 is 2.25 bits per heavy atom. The first-order valence-electron chi connectivity index (χ1n) is 7.66. The fourth-order valence-electron chi connectivity index (χ4n) is 2.85. The summed E-state index contributed by atoms with van der Waals surface area (Å²) in [5.74, 6) is 1.60. The van der Waals surface area contributed by atoms with E-state index in [2.05, 4.69) is 50.0 Å². The van der Waals surface area contributed by atoms with Gasteiger partial charge in [0.15, 0.2) is 0 Å². The summed E-state index contributed by atoms with van der Waals surface area (Å²) in [7, 11) is 0. The lowest BCUT2D eigenvalue weighted by Gasteiger charge is -2.51. The predicted octanol–water partition coefficient (Wildman–Crippen LogP) is 2.23. The van der Waals surface area contributed by atoms with Crippen LogP contribution in [0, 0.1) is 11.3 Å². The van der Waals surface area contributed by atoms with Crippen LogP contribution in [0.5, 0.6) is 0 Å². The van der Waals surface area contributed by atoms with Crippen LogP contribution in [0.4, 0.5) is 0 Å². The quantitative estimate of drug-likeness (QED) is 0.832. The molecule has 0 saturated heterocycles. The van der Waals surface area contributed by atoms with Gasteiger partial charge in [0.1, 0.15) is 12.2 Å². The van der Waals surface area contributed by atoms with Gasteiger partial charge in [-0.3, -0.25) is 0 Å². The molecule has 5 heteroatoms. The molecule has 0 bridgehead atoms. The van der Waals surface area contributed by atoms with Crippen LogP contribution in [0.1, 0.15) is 46.9 Å². The average Bonchev–Trinajstić information content (AvgIpc) is 2.79. The SMILES string of the molecule is CCOC1CC(NCc2ncnn2CC(C)C)C1(C)C. The molecular weight excluding hydrogens is 252 g/mol. The number of nitrogens with zero attached hydrogens (tertiary/aromatic N) is 3. The monoisotopic (exact) mass is 280 g/mol. The zero-order chi connectivity index (χ0) is 14.8. The first-order valence-corrected chi connectivity index (χ1v) is 7.66. The van der Waals surface area contributed by atoms with E-state index in [0.29, 0.717) is 18.1 Å². The van der Waals surface area contributed by atoms with Gasteiger partial charge in [0.25, 0.3) is 0 Å². The van der Waals surface area contributed by atoms with Crippen molar-refractivity contribution < 1.29 is 4.74 Å². The molecule has 2 atom stereocenters. The van der Waals surface area contributed by atoms with E-state index < -0.39 is 0 Å². The highest BCUT2D eigenvalue weighted by atomic mass is 16.5. The van der Waals surface area contributed by atoms with Crippen LogP contribution >= 0.6 is 0 Å². The lowest BCUT2D eigenvalue weighted by atomic mass is 9.64. The normalized spacial score (nSPS) is 24.9. The maximum atomic E-state index is 5.76. The van der Waals surface area contributed by atoms with Crippen molar-refractivity contribution in [2.24, 2.45) is 11.3 Å². The summed E-state index contributed by atoms with van der Waals surface area (Å²) in [6.45, 7) is 13.5. The summed E-state index contributed by atoms with van der Waals surface area (Å²) >= 11 is 0. The van der Waals surface area contributed by atoms with E-state index in [-0.39, 0.29) is 5.41 Å². The van der Waals surface area contributed by atoms with Gasteiger partial charge in [-0.15, -0.1) is 0 Å². The molecule has 2 rings (SSSR count). The molecule has 114 valence electrons. The van der Waals surface area contributed by atoms with Crippen LogP contribution in [0.15, 0.2) is 6.33 Å². The van der Waals surface area contributed by atoms with Crippen molar-refractivity contribution >= 4 is 0 Å². The second kappa shape index (κ2) is 6.22. The average molecular weight is 280 g/mol. The molecule has 0 amide bonds. The van der Waals surface area contributed by atoms with Gasteiger partial charge >= 0.3 is 0 Å². The molecule has 1 aromatic heterocycles. The number of rotatable bonds is 7. The molecule has 1 aliphatic rings. The van der Waals surface area contributed by atoms with Crippen molar-refractivity contribution in [3.8, 4) is 0 Å². The fourth-order valence-corrected chi connectivity index (χ4v) is 2.85. The number of hydrogen-bond acceptors (Lipinski definition) is 4. The minimum absolute atomic E-state index is 0.193. The van der Waals surface area contributed by atoms with Crippen molar-refractivity contribution in [1.82, 2.24) is 20.1 Å². The summed E-state index contributed by atoms with van der Waals surface area (Å²) in [5, 5.41) is 7.91. The first-order chi connectivity index (χ1) is 9.45. The van der Waals surface area contributed by atoms with Gasteiger partial charge in [-0.25, -0.2) is 9.67 Å². The molecule has 5 nitrogen and oxygen atoms in total. The van der Waals surface area contributed by atoms with E-state index in [9.17, 15) is 0 Å². The Bertz CT molecular complexity index is 427. The fraction of sp³-hybridized carbons (Fsp3) is 0.867. The van der Waals surface area contributed by atoms with Crippen LogP contribution in [0.3, 0.4) is 0 Å². The molecule has 2 unspecified atom stereocenters. The maximum absolute atomic E-state index is 5.76. The molecule has 1 aliphatic carbocycles. The highest BCUT2D eigenvalue weighted by Gasteiger charge is 2.48. The summed E-state index contributed by atoms with van der Waals surface area (Å²) in [5.41, 5.74) is 0.193. The largest absolute Gasteiger partial charge is 0.378 e. The third-order valence-corrected chi connectivity index (χ3v) is 4.29. The van der Waals surface area contributed by atoms with E-state index in [4.69, 9.17) is 4.74 Å². The second-order valence-electron chi connectivity index (χ2n) is 6.69. The smallest absolute Gasteiger partial charge is 0.140 e. The maximum Gasteiger partial charge on any atom is 0.140 e. The molecule has 0 spiro atoms. The molecule has 0 radical (unpaired) electrons. The van der Waals surface area contributed by atoms with E-state index in [1.807, 2.05) is 4.68 Å². The van der Waals surface area contributed by atoms with Crippen LogP contribution in [-0.4, -0.2) is 33.5 Å². The standard InChI is InChI=1S/C15H28N4O/c1-6-20-13-7-12(15(13,4)5)16-8-14-17-10-18-19(14)9-11(2)3/h10-13,16H,6-9H2,1-5H3. The number of ether oxygens (including phenoxy) is 1. The van der Waals surface area contributed by atoms with Crippen molar-refractivity contribution in [2.75, 3.05) is 6.61 Å². The molecule has 20 heavy (non-hydrogen) atoms. The second-order valence-corrected chi connectivity index (χ2v) is 6.69. The summed E-state index contributed by atoms with van der Waals surface area (Å²) < 4.78 is 7.77. The van der Waals surface area contributed by atoms with Crippen molar-refractivity contribution in [3.63, 3.8) is 0 Å². The molecule has 1 N–H and O–H groups in total. The Morgan fingerprint density at radius 1 is 1.50 bits per heavy atom. The van der Waals surface area contributed by atoms with Crippen molar-refractivity contribution in [1.29, 1.82) is 0 Å². The van der Waals surface area contributed by atoms with Crippen LogP contribution in [-0.2, 0) is 17.8 Å². The molecule has 0 aromatic carbocycles. The van der Waals surface area contributed by atoms with Crippen LogP contribution < -0.4 is 5.32 Å². The molecular formula is C15H28N4O. The molecule has 1 heterocycles. The zero-order valence-electron chi connectivity index (χ0n) is 13.4. The van der Waals surface area contributed by atoms with Crippen LogP contribution in [0.25, 0.3) is 0 Å². The molecule has 1 aromatic rings. The Kier molecular flexibility index (Phi) is 4.81. The van der Waals surface area contributed by atoms with Gasteiger partial charge in [-0.1, -0.05) is 27.7 Å². The third kappa shape index (κ3) is 3.20. The van der Waals surface area contributed by atoms with Crippen molar-refractivity contribution in [3.05, 3.63) is 12.2 Å². The van der Waals surface area contributed by atoms with E-state index >= 15 is 0 Å². The Labute approximate surface area is 122 Å². The highest BCUT2D eigenvalue weighted by Crippen LogP contribution is 2.42. The summed E-state index contributed by atoms with van der Waals surface area (Å²) in [6, 6.07) is 0.489. The predicted molar refractivity (Wildman–Crippen MR) is 79.3 cm³/mol. The van der Waals surface area contributed by atoms with Gasteiger partial charge in [0.05, 0.1) is 12.6 Å². The van der Waals surface area contributed by atoms with Crippen LogP contribution in [0.2, 0.25) is 0 Å².